The Balaban J connectivity index is 1.68. The Labute approximate surface area is 141 Å². The van der Waals surface area contributed by atoms with Gasteiger partial charge in [0.1, 0.15) is 5.82 Å². The molecule has 0 saturated carbocycles. The van der Waals surface area contributed by atoms with E-state index < -0.39 is 0 Å². The topological polar surface area (TPSA) is 94.0 Å². The number of anilines is 1. The van der Waals surface area contributed by atoms with Gasteiger partial charge < -0.3 is 9.84 Å². The van der Waals surface area contributed by atoms with Crippen molar-refractivity contribution < 1.29 is 4.52 Å². The van der Waals surface area contributed by atoms with Gasteiger partial charge in [0.05, 0.1) is 6.04 Å². The molecule has 1 atom stereocenters. The molecule has 4 aromatic heterocycles. The van der Waals surface area contributed by atoms with Gasteiger partial charge in [-0.05, 0) is 30.0 Å². The molecule has 122 valence electrons. The molecule has 0 aliphatic rings. The van der Waals surface area contributed by atoms with Crippen LogP contribution in [0.3, 0.4) is 0 Å². The fraction of sp³-hybridized carbons (Fsp3) is 0.267. The average molecular weight is 341 g/mol. The summed E-state index contributed by atoms with van der Waals surface area (Å²) in [6.07, 6.45) is 0.804. The summed E-state index contributed by atoms with van der Waals surface area (Å²) in [5.74, 6) is 2.59. The lowest BCUT2D eigenvalue weighted by molar-refractivity contribution is 0.384. The molecule has 1 N–H and O–H groups in total. The summed E-state index contributed by atoms with van der Waals surface area (Å²) in [6.45, 7) is 3.83. The molecule has 0 saturated heterocycles. The van der Waals surface area contributed by atoms with Gasteiger partial charge in [0.2, 0.25) is 5.89 Å². The number of rotatable bonds is 5. The van der Waals surface area contributed by atoms with Crippen molar-refractivity contribution >= 4 is 22.8 Å². The first-order valence-electron chi connectivity index (χ1n) is 7.56. The molecule has 0 spiro atoms. The molecular formula is C15H15N7OS. The highest BCUT2D eigenvalue weighted by Crippen LogP contribution is 2.23. The molecule has 1 unspecified atom stereocenters. The van der Waals surface area contributed by atoms with Gasteiger partial charge in [-0.2, -0.15) is 20.8 Å². The highest BCUT2D eigenvalue weighted by molar-refractivity contribution is 7.08. The average Bonchev–Trinajstić information content (AvgIpc) is 3.32. The Morgan fingerprint density at radius 1 is 1.29 bits per heavy atom. The maximum absolute atomic E-state index is 5.07. The monoisotopic (exact) mass is 341 g/mol. The molecule has 4 heterocycles. The molecule has 0 aliphatic heterocycles. The van der Waals surface area contributed by atoms with Crippen molar-refractivity contribution in [3.8, 4) is 11.4 Å². The van der Waals surface area contributed by atoms with Gasteiger partial charge in [-0.15, -0.1) is 15.3 Å². The van der Waals surface area contributed by atoms with Crippen LogP contribution in [0.2, 0.25) is 0 Å². The van der Waals surface area contributed by atoms with Crippen LogP contribution < -0.4 is 5.32 Å². The van der Waals surface area contributed by atoms with E-state index in [1.807, 2.05) is 29.0 Å². The molecule has 0 amide bonds. The van der Waals surface area contributed by atoms with Crippen LogP contribution in [0.5, 0.6) is 0 Å². The van der Waals surface area contributed by atoms with Crippen LogP contribution in [0.15, 0.2) is 33.5 Å². The maximum Gasteiger partial charge on any atom is 0.223 e. The highest BCUT2D eigenvalue weighted by Gasteiger charge is 2.17. The molecule has 9 heteroatoms. The van der Waals surface area contributed by atoms with E-state index in [2.05, 4.69) is 37.7 Å². The minimum absolute atomic E-state index is 0.0755. The van der Waals surface area contributed by atoms with E-state index in [1.165, 1.54) is 0 Å². The van der Waals surface area contributed by atoms with E-state index in [4.69, 9.17) is 4.52 Å². The predicted octanol–water partition coefficient (Wildman–Crippen LogP) is 3.11. The third kappa shape index (κ3) is 2.62. The van der Waals surface area contributed by atoms with Gasteiger partial charge in [0, 0.05) is 17.9 Å². The van der Waals surface area contributed by atoms with Crippen molar-refractivity contribution in [1.29, 1.82) is 0 Å². The molecule has 0 aliphatic carbocycles. The number of fused-ring (bicyclic) bond motifs is 1. The summed E-state index contributed by atoms with van der Waals surface area (Å²) in [5.41, 5.74) is 1.70. The minimum Gasteiger partial charge on any atom is -0.358 e. The van der Waals surface area contributed by atoms with E-state index in [-0.39, 0.29) is 6.04 Å². The number of hydrogen-bond donors (Lipinski definition) is 1. The van der Waals surface area contributed by atoms with Gasteiger partial charge in [-0.3, -0.25) is 0 Å². The van der Waals surface area contributed by atoms with Gasteiger partial charge in [0.15, 0.2) is 17.3 Å². The molecular weight excluding hydrogens is 326 g/mol. The van der Waals surface area contributed by atoms with Crippen LogP contribution >= 0.6 is 11.3 Å². The normalized spacial score (nSPS) is 12.6. The van der Waals surface area contributed by atoms with Gasteiger partial charge >= 0.3 is 0 Å². The number of hydrogen-bond acceptors (Lipinski definition) is 8. The first-order valence-corrected chi connectivity index (χ1v) is 8.50. The van der Waals surface area contributed by atoms with Crippen molar-refractivity contribution in [3.05, 3.63) is 40.7 Å². The molecule has 8 nitrogen and oxygen atoms in total. The Morgan fingerprint density at radius 2 is 2.21 bits per heavy atom. The summed E-state index contributed by atoms with van der Waals surface area (Å²) < 4.78 is 6.80. The number of aryl methyl sites for hydroxylation is 1. The molecule has 0 aromatic carbocycles. The van der Waals surface area contributed by atoms with Crippen LogP contribution in [-0.4, -0.2) is 30.0 Å². The summed E-state index contributed by atoms with van der Waals surface area (Å²) in [7, 11) is 0. The molecule has 24 heavy (non-hydrogen) atoms. The van der Waals surface area contributed by atoms with Crippen LogP contribution in [0.4, 0.5) is 5.82 Å². The van der Waals surface area contributed by atoms with Crippen LogP contribution in [-0.2, 0) is 0 Å². The third-order valence-corrected chi connectivity index (χ3v) is 4.31. The highest BCUT2D eigenvalue weighted by atomic mass is 32.1. The lowest BCUT2D eigenvalue weighted by atomic mass is 10.2. The SMILES string of the molecule is CCC(Nc1ccc2nnc(-c3ccsc3)n2n1)c1noc(C)n1. The summed E-state index contributed by atoms with van der Waals surface area (Å²) in [4.78, 5) is 4.29. The number of nitrogens with one attached hydrogen (secondary N) is 1. The van der Waals surface area contributed by atoms with Gasteiger partial charge in [-0.25, -0.2) is 0 Å². The van der Waals surface area contributed by atoms with Crippen molar-refractivity contribution in [1.82, 2.24) is 30.0 Å². The summed E-state index contributed by atoms with van der Waals surface area (Å²) in [5, 5.41) is 24.4. The van der Waals surface area contributed by atoms with Crippen molar-refractivity contribution in [2.45, 2.75) is 26.3 Å². The fourth-order valence-electron chi connectivity index (χ4n) is 2.42. The van der Waals surface area contributed by atoms with Crippen LogP contribution in [0.1, 0.15) is 31.1 Å². The standard InChI is InChI=1S/C15H15N7OS/c1-3-11(14-16-9(2)23-21-14)17-12-4-5-13-18-19-15(22(13)20-12)10-6-7-24-8-10/h4-8,11H,3H2,1-2H3,(H,17,20). The zero-order chi connectivity index (χ0) is 16.5. The van der Waals surface area contributed by atoms with Crippen molar-refractivity contribution in [2.75, 3.05) is 5.32 Å². The molecule has 4 aromatic rings. The lowest BCUT2D eigenvalue weighted by Crippen LogP contribution is -2.13. The molecule has 0 fully saturated rings. The fourth-order valence-corrected chi connectivity index (χ4v) is 3.06. The number of thiophene rings is 1. The third-order valence-electron chi connectivity index (χ3n) is 3.63. The summed E-state index contributed by atoms with van der Waals surface area (Å²) in [6, 6.07) is 5.68. The van der Waals surface area contributed by atoms with Crippen LogP contribution in [0.25, 0.3) is 17.0 Å². The van der Waals surface area contributed by atoms with Gasteiger partial charge in [-0.1, -0.05) is 12.1 Å². The second-order valence-electron chi connectivity index (χ2n) is 5.30. The van der Waals surface area contributed by atoms with E-state index in [0.717, 1.165) is 17.8 Å². The Kier molecular flexibility index (Phi) is 3.69. The Hall–Kier alpha value is -2.81. The van der Waals surface area contributed by atoms with Crippen molar-refractivity contribution in [3.63, 3.8) is 0 Å². The molecule has 4 rings (SSSR count). The van der Waals surface area contributed by atoms with Crippen LogP contribution in [0, 0.1) is 6.92 Å². The molecule has 0 bridgehead atoms. The second-order valence-corrected chi connectivity index (χ2v) is 6.08. The van der Waals surface area contributed by atoms with E-state index >= 15 is 0 Å². The zero-order valence-electron chi connectivity index (χ0n) is 13.2. The van der Waals surface area contributed by atoms with Gasteiger partial charge in [0.25, 0.3) is 0 Å². The zero-order valence-corrected chi connectivity index (χ0v) is 14.0. The second kappa shape index (κ2) is 6.00. The Morgan fingerprint density at radius 3 is 2.92 bits per heavy atom. The molecule has 0 radical (unpaired) electrons. The van der Waals surface area contributed by atoms with E-state index in [9.17, 15) is 0 Å². The van der Waals surface area contributed by atoms with E-state index in [1.54, 1.807) is 22.8 Å². The first kappa shape index (κ1) is 14.8. The van der Waals surface area contributed by atoms with E-state index in [0.29, 0.717) is 23.2 Å². The Bertz CT molecular complexity index is 959. The first-order chi connectivity index (χ1) is 11.7. The quantitative estimate of drug-likeness (QED) is 0.596. The number of aromatic nitrogens is 6. The summed E-state index contributed by atoms with van der Waals surface area (Å²) >= 11 is 1.61. The minimum atomic E-state index is -0.0755. The largest absolute Gasteiger partial charge is 0.358 e. The predicted molar refractivity (Wildman–Crippen MR) is 89.8 cm³/mol. The maximum atomic E-state index is 5.07. The lowest BCUT2D eigenvalue weighted by Gasteiger charge is -2.13. The number of nitrogens with zero attached hydrogens (tertiary/aromatic N) is 6. The van der Waals surface area contributed by atoms with Crippen molar-refractivity contribution in [2.24, 2.45) is 0 Å². The smallest absolute Gasteiger partial charge is 0.223 e.